The van der Waals surface area contributed by atoms with Crippen LogP contribution in [0.25, 0.3) is 0 Å². The van der Waals surface area contributed by atoms with Crippen LogP contribution in [0, 0.1) is 0 Å². The maximum absolute atomic E-state index is 6.41. The molecule has 8 heteroatoms. The summed E-state index contributed by atoms with van der Waals surface area (Å²) in [5.41, 5.74) is 12.0. The first kappa shape index (κ1) is 19.8. The minimum Gasteiger partial charge on any atom is -0.493 e. The van der Waals surface area contributed by atoms with E-state index >= 15 is 0 Å². The highest BCUT2D eigenvalue weighted by Gasteiger charge is 2.34. The molecule has 0 bridgehead atoms. The smallest absolute Gasteiger partial charge is 0.357 e. The highest BCUT2D eigenvalue weighted by molar-refractivity contribution is 6.32. The number of hydrogen-bond donors (Lipinski definition) is 3. The van der Waals surface area contributed by atoms with E-state index < -0.39 is 5.66 Å². The number of nitrogens with zero attached hydrogens (tertiary/aromatic N) is 2. The number of aliphatic imine (C=N–C) groups is 1. The molecule has 0 saturated heterocycles. The van der Waals surface area contributed by atoms with Gasteiger partial charge in [0.15, 0.2) is 5.66 Å². The third-order valence-corrected chi connectivity index (χ3v) is 4.47. The van der Waals surface area contributed by atoms with Crippen molar-refractivity contribution in [2.45, 2.75) is 25.9 Å². The van der Waals surface area contributed by atoms with Gasteiger partial charge in [-0.15, -0.1) is 0 Å². The van der Waals surface area contributed by atoms with E-state index in [-0.39, 0.29) is 5.96 Å². The van der Waals surface area contributed by atoms with Crippen molar-refractivity contribution in [1.29, 1.82) is 0 Å². The third kappa shape index (κ3) is 4.67. The molecule has 0 fully saturated rings. The van der Waals surface area contributed by atoms with Crippen LogP contribution in [-0.4, -0.2) is 35.4 Å². The number of hydrogen-bond acceptors (Lipinski definition) is 6. The summed E-state index contributed by atoms with van der Waals surface area (Å²) in [6, 6.07) is 15.2. The van der Waals surface area contributed by atoms with Crippen molar-refractivity contribution in [2.24, 2.45) is 16.5 Å². The van der Waals surface area contributed by atoms with Crippen LogP contribution in [0.1, 0.15) is 20.3 Å². The quantitative estimate of drug-likeness (QED) is 0.488. The van der Waals surface area contributed by atoms with Gasteiger partial charge >= 0.3 is 5.96 Å². The summed E-state index contributed by atoms with van der Waals surface area (Å²) in [5, 5.41) is 3.33. The number of nitrogens with two attached hydrogens (primary N) is 2. The van der Waals surface area contributed by atoms with Crippen molar-refractivity contribution in [3.05, 3.63) is 53.6 Å². The molecule has 5 N–H and O–H groups in total. The van der Waals surface area contributed by atoms with Gasteiger partial charge in [-0.25, -0.2) is 9.89 Å². The fourth-order valence-electron chi connectivity index (χ4n) is 3.00. The van der Waals surface area contributed by atoms with Crippen LogP contribution in [0.4, 0.5) is 5.69 Å². The molecule has 0 aliphatic carbocycles. The average Bonchev–Trinajstić information content (AvgIpc) is 2.62. The number of nitrogens with one attached hydrogen (secondary N) is 1. The lowest BCUT2D eigenvalue weighted by molar-refractivity contribution is -0.527. The minimum atomic E-state index is -0.639. The highest BCUT2D eigenvalue weighted by atomic mass is 35.5. The van der Waals surface area contributed by atoms with Crippen LogP contribution in [0.15, 0.2) is 53.5 Å². The second kappa shape index (κ2) is 8.39. The fraction of sp³-hybridized carbons (Fsp3) is 0.300. The van der Waals surface area contributed by atoms with E-state index in [0.29, 0.717) is 29.9 Å². The number of halogens is 1. The Hall–Kier alpha value is -2.93. The van der Waals surface area contributed by atoms with E-state index in [0.717, 1.165) is 17.9 Å². The molecule has 0 unspecified atom stereocenters. The Morgan fingerprint density at radius 3 is 2.46 bits per heavy atom. The molecule has 3 rings (SSSR count). The lowest BCUT2D eigenvalue weighted by atomic mass is 10.2. The van der Waals surface area contributed by atoms with Crippen molar-refractivity contribution >= 4 is 29.2 Å². The third-order valence-electron chi connectivity index (χ3n) is 4.17. The molecule has 0 saturated carbocycles. The van der Waals surface area contributed by atoms with Crippen LogP contribution in [0.2, 0.25) is 5.02 Å². The molecule has 0 atom stereocenters. The molecule has 2 aromatic rings. The van der Waals surface area contributed by atoms with Crippen molar-refractivity contribution in [2.75, 3.05) is 13.2 Å². The summed E-state index contributed by atoms with van der Waals surface area (Å²) < 4.78 is 13.3. The molecule has 7 nitrogen and oxygen atoms in total. The van der Waals surface area contributed by atoms with Gasteiger partial charge in [0.25, 0.3) is 5.96 Å². The lowest BCUT2D eigenvalue weighted by Gasteiger charge is -2.28. The monoisotopic (exact) mass is 402 g/mol. The summed E-state index contributed by atoms with van der Waals surface area (Å²) in [5.74, 6) is 2.12. The zero-order valence-electron chi connectivity index (χ0n) is 16.0. The SMILES string of the molecule is CC1(C)N=C(N)NC(N)=[N+]1c1ccc(OCCCOc2ccccc2)c(Cl)c1. The molecule has 0 radical (unpaired) electrons. The topological polar surface area (TPSA) is 97.9 Å². The van der Waals surface area contributed by atoms with E-state index in [1.165, 1.54) is 0 Å². The van der Waals surface area contributed by atoms with Crippen LogP contribution >= 0.6 is 11.6 Å². The van der Waals surface area contributed by atoms with Gasteiger partial charge in [-0.2, -0.15) is 4.99 Å². The first-order valence-electron chi connectivity index (χ1n) is 9.02. The van der Waals surface area contributed by atoms with Crippen molar-refractivity contribution in [3.8, 4) is 11.5 Å². The fourth-order valence-corrected chi connectivity index (χ4v) is 3.23. The van der Waals surface area contributed by atoms with Crippen molar-refractivity contribution in [1.82, 2.24) is 5.32 Å². The molecule has 2 aromatic carbocycles. The molecule has 1 heterocycles. The second-order valence-corrected chi connectivity index (χ2v) is 7.22. The summed E-state index contributed by atoms with van der Waals surface area (Å²) in [6.07, 6.45) is 0.741. The summed E-state index contributed by atoms with van der Waals surface area (Å²) in [7, 11) is 0. The van der Waals surface area contributed by atoms with Gasteiger partial charge in [-0.05, 0) is 44.2 Å². The lowest BCUT2D eigenvalue weighted by Crippen LogP contribution is -2.55. The molecule has 0 spiro atoms. The van der Waals surface area contributed by atoms with Crippen LogP contribution < -0.4 is 26.3 Å². The van der Waals surface area contributed by atoms with Crippen LogP contribution in [0.5, 0.6) is 11.5 Å². The predicted octanol–water partition coefficient (Wildman–Crippen LogP) is 2.80. The maximum atomic E-state index is 6.41. The van der Waals surface area contributed by atoms with Gasteiger partial charge in [0.05, 0.1) is 18.2 Å². The number of benzene rings is 2. The Bertz CT molecular complexity index is 897. The van der Waals surface area contributed by atoms with E-state index in [1.807, 2.05) is 60.9 Å². The maximum Gasteiger partial charge on any atom is 0.357 e. The summed E-state index contributed by atoms with van der Waals surface area (Å²) >= 11 is 6.41. The Morgan fingerprint density at radius 1 is 1.07 bits per heavy atom. The van der Waals surface area contributed by atoms with Gasteiger partial charge < -0.3 is 15.2 Å². The second-order valence-electron chi connectivity index (χ2n) is 6.82. The van der Waals surface area contributed by atoms with Gasteiger partial charge in [0, 0.05) is 6.42 Å². The predicted molar refractivity (Wildman–Crippen MR) is 111 cm³/mol. The molecule has 148 valence electrons. The van der Waals surface area contributed by atoms with Gasteiger partial charge in [0.2, 0.25) is 0 Å². The first-order valence-corrected chi connectivity index (χ1v) is 9.40. The molecule has 0 amide bonds. The number of guanidine groups is 2. The molecule has 1 aliphatic rings. The minimum absolute atomic E-state index is 0.280. The average molecular weight is 403 g/mol. The molecular formula is C20H25ClN5O2+. The summed E-state index contributed by atoms with van der Waals surface area (Å²) in [4.78, 5) is 4.39. The standard InChI is InChI=1S/C20H24ClN5O2/c1-20(2)25-18(22)24-19(23)26(20)14-9-10-17(16(21)13-14)28-12-6-11-27-15-7-4-3-5-8-15/h3-5,7-10,13H,6,11-12H2,1-2H3,(H4,22,23,24,25)/p+1. The Balaban J connectivity index is 1.59. The van der Waals surface area contributed by atoms with Gasteiger partial charge in [-0.3, -0.25) is 5.73 Å². The normalized spacial score (nSPS) is 15.6. The highest BCUT2D eigenvalue weighted by Crippen LogP contribution is 2.32. The van der Waals surface area contributed by atoms with Gasteiger partial charge in [-0.1, -0.05) is 29.8 Å². The van der Waals surface area contributed by atoms with Crippen molar-refractivity contribution < 1.29 is 14.0 Å². The Kier molecular flexibility index (Phi) is 5.94. The van der Waals surface area contributed by atoms with E-state index in [2.05, 4.69) is 10.3 Å². The number of ether oxygens (including phenoxy) is 2. The Morgan fingerprint density at radius 2 is 1.79 bits per heavy atom. The molecule has 0 aromatic heterocycles. The zero-order chi connectivity index (χ0) is 20.1. The molecule has 1 aliphatic heterocycles. The largest absolute Gasteiger partial charge is 0.493 e. The van der Waals surface area contributed by atoms with E-state index in [9.17, 15) is 0 Å². The van der Waals surface area contributed by atoms with Crippen LogP contribution in [-0.2, 0) is 0 Å². The molecule has 28 heavy (non-hydrogen) atoms. The zero-order valence-corrected chi connectivity index (χ0v) is 16.7. The van der Waals surface area contributed by atoms with E-state index in [4.69, 9.17) is 32.5 Å². The summed E-state index contributed by atoms with van der Waals surface area (Å²) in [6.45, 7) is 4.90. The Labute approximate surface area is 169 Å². The first-order chi connectivity index (χ1) is 13.4. The number of rotatable bonds is 7. The van der Waals surface area contributed by atoms with Crippen molar-refractivity contribution in [3.63, 3.8) is 0 Å². The van der Waals surface area contributed by atoms with Crippen LogP contribution in [0.3, 0.4) is 0 Å². The van der Waals surface area contributed by atoms with Gasteiger partial charge in [0.1, 0.15) is 17.2 Å². The molecular weight excluding hydrogens is 378 g/mol. The number of para-hydroxylation sites is 1. The van der Waals surface area contributed by atoms with E-state index in [1.54, 1.807) is 6.07 Å².